The molecule has 0 aliphatic rings. The number of aromatic nitrogens is 4. The van der Waals surface area contributed by atoms with Gasteiger partial charge in [-0.25, -0.2) is 15.0 Å². The zero-order valence-electron chi connectivity index (χ0n) is 33.5. The van der Waals surface area contributed by atoms with Crippen LogP contribution < -0.4 is 0 Å². The van der Waals surface area contributed by atoms with Crippen molar-refractivity contribution in [2.45, 2.75) is 0 Å². The second-order valence-electron chi connectivity index (χ2n) is 15.6. The molecular formula is C57H36N4O. The molecular weight excluding hydrogens is 757 g/mol. The third kappa shape index (κ3) is 6.14. The molecule has 0 aliphatic carbocycles. The Bertz CT molecular complexity index is 3630. The van der Waals surface area contributed by atoms with Gasteiger partial charge in [0.1, 0.15) is 11.2 Å². The first kappa shape index (κ1) is 35.5. The third-order valence-electron chi connectivity index (χ3n) is 11.9. The Morgan fingerprint density at radius 1 is 0.306 bits per heavy atom. The van der Waals surface area contributed by atoms with Crippen LogP contribution in [-0.4, -0.2) is 19.5 Å². The second-order valence-corrected chi connectivity index (χ2v) is 15.6. The van der Waals surface area contributed by atoms with Gasteiger partial charge in [0.2, 0.25) is 0 Å². The summed E-state index contributed by atoms with van der Waals surface area (Å²) < 4.78 is 8.66. The fourth-order valence-electron chi connectivity index (χ4n) is 8.88. The summed E-state index contributed by atoms with van der Waals surface area (Å²) in [6.45, 7) is 0. The molecule has 62 heavy (non-hydrogen) atoms. The lowest BCUT2D eigenvalue weighted by Gasteiger charge is -2.12. The number of furan rings is 1. The molecule has 0 radical (unpaired) electrons. The van der Waals surface area contributed by atoms with Crippen molar-refractivity contribution in [2.75, 3.05) is 0 Å². The predicted octanol–water partition coefficient (Wildman–Crippen LogP) is 14.9. The summed E-state index contributed by atoms with van der Waals surface area (Å²) >= 11 is 0. The molecule has 5 nitrogen and oxygen atoms in total. The van der Waals surface area contributed by atoms with Crippen molar-refractivity contribution in [3.05, 3.63) is 218 Å². The van der Waals surface area contributed by atoms with Crippen LogP contribution in [0.15, 0.2) is 223 Å². The first-order valence-corrected chi connectivity index (χ1v) is 20.8. The highest BCUT2D eigenvalue weighted by atomic mass is 16.3. The minimum atomic E-state index is 0.594. The van der Waals surface area contributed by atoms with Crippen LogP contribution >= 0.6 is 0 Å². The van der Waals surface area contributed by atoms with Gasteiger partial charge in [-0.15, -0.1) is 0 Å². The topological polar surface area (TPSA) is 56.7 Å². The Morgan fingerprint density at radius 3 is 1.63 bits per heavy atom. The van der Waals surface area contributed by atoms with Gasteiger partial charge in [0.05, 0.1) is 11.0 Å². The quantitative estimate of drug-likeness (QED) is 0.161. The molecule has 290 valence electrons. The Morgan fingerprint density at radius 2 is 0.823 bits per heavy atom. The van der Waals surface area contributed by atoms with Crippen LogP contribution in [0.5, 0.6) is 0 Å². The van der Waals surface area contributed by atoms with Crippen molar-refractivity contribution in [3.8, 4) is 73.2 Å². The van der Waals surface area contributed by atoms with E-state index in [0.717, 1.165) is 66.5 Å². The predicted molar refractivity (Wildman–Crippen MR) is 254 cm³/mol. The van der Waals surface area contributed by atoms with Crippen molar-refractivity contribution in [2.24, 2.45) is 0 Å². The molecule has 0 saturated heterocycles. The lowest BCUT2D eigenvalue weighted by molar-refractivity contribution is 0.669. The summed E-state index contributed by atoms with van der Waals surface area (Å²) in [7, 11) is 0. The number of para-hydroxylation sites is 2. The number of hydrogen-bond acceptors (Lipinski definition) is 4. The molecule has 0 aliphatic heterocycles. The van der Waals surface area contributed by atoms with Gasteiger partial charge < -0.3 is 8.98 Å². The van der Waals surface area contributed by atoms with Crippen molar-refractivity contribution in [1.82, 2.24) is 19.5 Å². The molecule has 0 fully saturated rings. The standard InChI is InChI=1S/C57H36N4O/c1-3-14-37(15-4-1)38-28-30-39(31-29-38)43-32-33-47-46-22-7-9-25-50(46)61(51(47)36-43)45-21-12-19-42(35-45)41-18-11-20-44(34-41)56-58-55(40-16-5-2-6-17-40)59-57(60-56)49-24-13-27-53-54(49)48-23-8-10-26-52(48)62-53/h1-36H. The van der Waals surface area contributed by atoms with E-state index in [9.17, 15) is 0 Å². The highest BCUT2D eigenvalue weighted by molar-refractivity contribution is 6.12. The molecule has 3 aromatic heterocycles. The number of nitrogens with zero attached hydrogens (tertiary/aromatic N) is 4. The number of hydrogen-bond donors (Lipinski definition) is 0. The van der Waals surface area contributed by atoms with Crippen LogP contribution in [0.4, 0.5) is 0 Å². The molecule has 0 N–H and O–H groups in total. The lowest BCUT2D eigenvalue weighted by atomic mass is 9.99. The molecule has 0 atom stereocenters. The van der Waals surface area contributed by atoms with Gasteiger partial charge in [-0.05, 0) is 75.8 Å². The van der Waals surface area contributed by atoms with Crippen LogP contribution in [0.1, 0.15) is 0 Å². The van der Waals surface area contributed by atoms with Crippen molar-refractivity contribution >= 4 is 43.7 Å². The molecule has 12 rings (SSSR count). The van der Waals surface area contributed by atoms with E-state index in [2.05, 4.69) is 162 Å². The van der Waals surface area contributed by atoms with E-state index in [1.165, 1.54) is 33.0 Å². The molecule has 0 spiro atoms. The molecule has 0 bridgehead atoms. The third-order valence-corrected chi connectivity index (χ3v) is 11.9. The summed E-state index contributed by atoms with van der Waals surface area (Å²) in [5.74, 6) is 1.81. The Kier molecular flexibility index (Phi) is 8.42. The summed E-state index contributed by atoms with van der Waals surface area (Å²) in [4.78, 5) is 15.4. The molecule has 0 saturated carbocycles. The Balaban J connectivity index is 0.962. The maximum Gasteiger partial charge on any atom is 0.164 e. The minimum Gasteiger partial charge on any atom is -0.456 e. The highest BCUT2D eigenvalue weighted by Crippen LogP contribution is 2.39. The van der Waals surface area contributed by atoms with Crippen molar-refractivity contribution in [1.29, 1.82) is 0 Å². The van der Waals surface area contributed by atoms with Crippen LogP contribution in [0.3, 0.4) is 0 Å². The molecule has 9 aromatic carbocycles. The van der Waals surface area contributed by atoms with E-state index in [4.69, 9.17) is 19.4 Å². The van der Waals surface area contributed by atoms with E-state index < -0.39 is 0 Å². The number of rotatable bonds is 7. The Labute approximate surface area is 357 Å². The van der Waals surface area contributed by atoms with E-state index in [-0.39, 0.29) is 0 Å². The number of fused-ring (bicyclic) bond motifs is 6. The van der Waals surface area contributed by atoms with E-state index >= 15 is 0 Å². The van der Waals surface area contributed by atoms with Gasteiger partial charge in [0.25, 0.3) is 0 Å². The monoisotopic (exact) mass is 792 g/mol. The second kappa shape index (κ2) is 14.7. The summed E-state index contributed by atoms with van der Waals surface area (Å²) in [5.41, 5.74) is 14.7. The van der Waals surface area contributed by atoms with Crippen LogP contribution in [-0.2, 0) is 0 Å². The van der Waals surface area contributed by atoms with Gasteiger partial charge in [-0.3, -0.25) is 0 Å². The normalized spacial score (nSPS) is 11.5. The maximum atomic E-state index is 6.26. The zero-order chi connectivity index (χ0) is 41.0. The van der Waals surface area contributed by atoms with Gasteiger partial charge >= 0.3 is 0 Å². The fourth-order valence-corrected chi connectivity index (χ4v) is 8.88. The smallest absolute Gasteiger partial charge is 0.164 e. The van der Waals surface area contributed by atoms with Gasteiger partial charge in [-0.1, -0.05) is 176 Å². The van der Waals surface area contributed by atoms with E-state index in [0.29, 0.717) is 17.5 Å². The maximum absolute atomic E-state index is 6.26. The molecule has 5 heteroatoms. The minimum absolute atomic E-state index is 0.594. The molecule has 0 unspecified atom stereocenters. The molecule has 3 heterocycles. The first-order valence-electron chi connectivity index (χ1n) is 20.8. The molecule has 0 amide bonds. The number of benzene rings is 9. The summed E-state index contributed by atoms with van der Waals surface area (Å²) in [6.07, 6.45) is 0. The highest BCUT2D eigenvalue weighted by Gasteiger charge is 2.19. The van der Waals surface area contributed by atoms with E-state index in [1.54, 1.807) is 0 Å². The first-order chi connectivity index (χ1) is 30.7. The average molecular weight is 793 g/mol. The van der Waals surface area contributed by atoms with Crippen molar-refractivity contribution < 1.29 is 4.42 Å². The SMILES string of the molecule is c1ccc(-c2ccc(-c3ccc4c5ccccc5n(-c5cccc(-c6cccc(-c7nc(-c8ccccc8)nc(-c8cccc9oc%10ccccc%10c89)n7)c6)c5)c4c3)cc2)cc1. The molecule has 12 aromatic rings. The largest absolute Gasteiger partial charge is 0.456 e. The van der Waals surface area contributed by atoms with E-state index in [1.807, 2.05) is 60.7 Å². The fraction of sp³-hybridized carbons (Fsp3) is 0. The summed E-state index contributed by atoms with van der Waals surface area (Å²) in [6, 6.07) is 76.5. The van der Waals surface area contributed by atoms with Crippen LogP contribution in [0.25, 0.3) is 117 Å². The summed E-state index contributed by atoms with van der Waals surface area (Å²) in [5, 5.41) is 4.46. The van der Waals surface area contributed by atoms with Crippen LogP contribution in [0, 0.1) is 0 Å². The average Bonchev–Trinajstić information content (AvgIpc) is 3.90. The zero-order valence-corrected chi connectivity index (χ0v) is 33.5. The Hall–Kier alpha value is -8.41. The van der Waals surface area contributed by atoms with Gasteiger partial charge in [0, 0.05) is 43.9 Å². The van der Waals surface area contributed by atoms with Gasteiger partial charge in [-0.2, -0.15) is 0 Å². The van der Waals surface area contributed by atoms with Crippen LogP contribution in [0.2, 0.25) is 0 Å². The van der Waals surface area contributed by atoms with Gasteiger partial charge in [0.15, 0.2) is 17.5 Å². The van der Waals surface area contributed by atoms with Crippen molar-refractivity contribution in [3.63, 3.8) is 0 Å². The lowest BCUT2D eigenvalue weighted by Crippen LogP contribution is -2.00.